The zero-order chi connectivity index (χ0) is 35.5. The van der Waals surface area contributed by atoms with Gasteiger partial charge < -0.3 is 13.9 Å². The number of hydrogen-bond donors (Lipinski definition) is 0. The maximum absolute atomic E-state index is 6.82. The zero-order valence-electron chi connectivity index (χ0n) is 29.6. The molecular formula is C50H36N2O. The van der Waals surface area contributed by atoms with Crippen LogP contribution in [0.2, 0.25) is 0 Å². The molecule has 0 N–H and O–H groups in total. The second-order valence-corrected chi connectivity index (χ2v) is 13.9. The summed E-state index contributed by atoms with van der Waals surface area (Å²) in [6, 6.07) is 65.3. The first kappa shape index (κ1) is 30.9. The molecule has 0 aliphatic carbocycles. The number of fused-ring (bicyclic) bond motifs is 6. The monoisotopic (exact) mass is 680 g/mol. The van der Waals surface area contributed by atoms with Crippen molar-refractivity contribution in [1.82, 2.24) is 4.57 Å². The molecule has 0 radical (unpaired) electrons. The van der Waals surface area contributed by atoms with Crippen LogP contribution in [0.4, 0.5) is 17.1 Å². The molecule has 10 rings (SSSR count). The van der Waals surface area contributed by atoms with Crippen molar-refractivity contribution in [3.63, 3.8) is 0 Å². The zero-order valence-corrected chi connectivity index (χ0v) is 29.6. The number of para-hydroxylation sites is 3. The van der Waals surface area contributed by atoms with Gasteiger partial charge in [0.1, 0.15) is 11.2 Å². The van der Waals surface area contributed by atoms with Crippen molar-refractivity contribution in [1.29, 1.82) is 0 Å². The first-order chi connectivity index (χ1) is 26.1. The fourth-order valence-electron chi connectivity index (χ4n) is 8.11. The van der Waals surface area contributed by atoms with Crippen molar-refractivity contribution in [2.75, 3.05) is 4.90 Å². The van der Waals surface area contributed by atoms with Gasteiger partial charge in [0, 0.05) is 38.8 Å². The number of hydrogen-bond acceptors (Lipinski definition) is 2. The van der Waals surface area contributed by atoms with Gasteiger partial charge in [-0.25, -0.2) is 0 Å². The number of rotatable bonds is 6. The summed E-state index contributed by atoms with van der Waals surface area (Å²) in [4.78, 5) is 2.40. The first-order valence-corrected chi connectivity index (χ1v) is 18.2. The fraction of sp³-hybridized carbons (Fsp3) is 0.0400. The van der Waals surface area contributed by atoms with Crippen molar-refractivity contribution in [3.05, 3.63) is 193 Å². The predicted octanol–water partition coefficient (Wildman–Crippen LogP) is 14.1. The third-order valence-electron chi connectivity index (χ3n) is 10.6. The van der Waals surface area contributed by atoms with Crippen LogP contribution in [-0.2, 0) is 0 Å². The summed E-state index contributed by atoms with van der Waals surface area (Å²) in [5.74, 6) is 0. The number of aromatic nitrogens is 1. The lowest BCUT2D eigenvalue weighted by Gasteiger charge is -2.28. The molecule has 0 atom stereocenters. The summed E-state index contributed by atoms with van der Waals surface area (Å²) in [5.41, 5.74) is 15.6. The second kappa shape index (κ2) is 12.4. The molecule has 0 fully saturated rings. The van der Waals surface area contributed by atoms with Crippen LogP contribution in [0.3, 0.4) is 0 Å². The van der Waals surface area contributed by atoms with Crippen molar-refractivity contribution < 1.29 is 4.42 Å². The minimum atomic E-state index is 0.874. The maximum Gasteiger partial charge on any atom is 0.145 e. The van der Waals surface area contributed by atoms with E-state index in [9.17, 15) is 0 Å². The lowest BCUT2D eigenvalue weighted by atomic mass is 9.98. The molecule has 2 heterocycles. The molecule has 0 aliphatic rings. The standard InChI is InChI=1S/C50H36N2O/c1-33-13-12-16-39(31-33)52(44-29-25-37(32-34(44)2)35-14-4-3-5-15-35)47-30-28-40(50-49(47)43-19-8-11-22-48(43)53-50)36-23-26-38(27-24-36)51-45-20-9-6-17-41(45)42-18-7-10-21-46(42)51/h3-32H,1-2H3. The van der Waals surface area contributed by atoms with Crippen LogP contribution < -0.4 is 4.90 Å². The van der Waals surface area contributed by atoms with Crippen molar-refractivity contribution in [3.8, 4) is 27.9 Å². The average Bonchev–Trinajstić information content (AvgIpc) is 3.76. The van der Waals surface area contributed by atoms with Crippen LogP contribution in [0.15, 0.2) is 186 Å². The molecule has 0 bridgehead atoms. The van der Waals surface area contributed by atoms with Gasteiger partial charge in [-0.1, -0.05) is 115 Å². The molecule has 252 valence electrons. The van der Waals surface area contributed by atoms with Gasteiger partial charge in [0.15, 0.2) is 0 Å². The molecule has 0 saturated carbocycles. The average molecular weight is 681 g/mol. The Labute approximate surface area is 308 Å². The van der Waals surface area contributed by atoms with Crippen LogP contribution in [0.5, 0.6) is 0 Å². The van der Waals surface area contributed by atoms with Crippen molar-refractivity contribution in [2.45, 2.75) is 13.8 Å². The minimum absolute atomic E-state index is 0.874. The van der Waals surface area contributed by atoms with Gasteiger partial charge >= 0.3 is 0 Å². The van der Waals surface area contributed by atoms with Gasteiger partial charge in [0.05, 0.1) is 22.1 Å². The lowest BCUT2D eigenvalue weighted by Crippen LogP contribution is -2.12. The van der Waals surface area contributed by atoms with E-state index in [0.29, 0.717) is 0 Å². The third-order valence-corrected chi connectivity index (χ3v) is 10.6. The Morgan fingerprint density at radius 2 is 1.11 bits per heavy atom. The van der Waals surface area contributed by atoms with E-state index in [0.717, 1.165) is 55.8 Å². The topological polar surface area (TPSA) is 21.3 Å². The van der Waals surface area contributed by atoms with Gasteiger partial charge in [0.25, 0.3) is 0 Å². The molecule has 10 aromatic rings. The Morgan fingerprint density at radius 3 is 1.83 bits per heavy atom. The maximum atomic E-state index is 6.82. The molecule has 8 aromatic carbocycles. The SMILES string of the molecule is Cc1cccc(N(c2ccc(-c3ccccc3)cc2C)c2ccc(-c3ccc(-n4c5ccccc5c5ccccc54)cc3)c3oc4ccccc4c23)c1. The van der Waals surface area contributed by atoms with Crippen molar-refractivity contribution >= 4 is 60.8 Å². The molecule has 3 nitrogen and oxygen atoms in total. The normalized spacial score (nSPS) is 11.6. The van der Waals surface area contributed by atoms with E-state index in [1.807, 2.05) is 0 Å². The first-order valence-electron chi connectivity index (χ1n) is 18.2. The summed E-state index contributed by atoms with van der Waals surface area (Å²) in [6.07, 6.45) is 0. The molecule has 2 aromatic heterocycles. The third kappa shape index (κ3) is 5.12. The second-order valence-electron chi connectivity index (χ2n) is 13.9. The lowest BCUT2D eigenvalue weighted by molar-refractivity contribution is 0.670. The van der Waals surface area contributed by atoms with Gasteiger partial charge in [0.2, 0.25) is 0 Å². The molecular weight excluding hydrogens is 645 g/mol. The molecule has 0 spiro atoms. The summed E-state index contributed by atoms with van der Waals surface area (Å²) in [5, 5.41) is 4.71. The van der Waals surface area contributed by atoms with Crippen LogP contribution in [0, 0.1) is 13.8 Å². The molecule has 0 saturated heterocycles. The highest BCUT2D eigenvalue weighted by atomic mass is 16.3. The number of anilines is 3. The van der Waals surface area contributed by atoms with E-state index in [4.69, 9.17) is 4.42 Å². The predicted molar refractivity (Wildman–Crippen MR) is 223 cm³/mol. The van der Waals surface area contributed by atoms with Gasteiger partial charge in [-0.05, 0) is 108 Å². The highest BCUT2D eigenvalue weighted by Crippen LogP contribution is 2.47. The Kier molecular flexibility index (Phi) is 7.26. The van der Waals surface area contributed by atoms with E-state index in [2.05, 4.69) is 205 Å². The Morgan fingerprint density at radius 1 is 0.472 bits per heavy atom. The number of benzene rings is 8. The van der Waals surface area contributed by atoms with E-state index >= 15 is 0 Å². The fourth-order valence-corrected chi connectivity index (χ4v) is 8.11. The summed E-state index contributed by atoms with van der Waals surface area (Å²) < 4.78 is 9.18. The van der Waals surface area contributed by atoms with Crippen LogP contribution in [0.25, 0.3) is 71.7 Å². The van der Waals surface area contributed by atoms with Gasteiger partial charge in [-0.2, -0.15) is 0 Å². The largest absolute Gasteiger partial charge is 0.455 e. The molecule has 0 amide bonds. The molecule has 3 heteroatoms. The summed E-state index contributed by atoms with van der Waals surface area (Å²) in [7, 11) is 0. The highest BCUT2D eigenvalue weighted by Gasteiger charge is 2.23. The molecule has 0 unspecified atom stereocenters. The smallest absolute Gasteiger partial charge is 0.145 e. The van der Waals surface area contributed by atoms with Gasteiger partial charge in [-0.3, -0.25) is 0 Å². The number of nitrogens with zero attached hydrogens (tertiary/aromatic N) is 2. The molecule has 0 aliphatic heterocycles. The van der Waals surface area contributed by atoms with Crippen LogP contribution in [0.1, 0.15) is 11.1 Å². The molecule has 53 heavy (non-hydrogen) atoms. The van der Waals surface area contributed by atoms with E-state index in [1.54, 1.807) is 0 Å². The van der Waals surface area contributed by atoms with Gasteiger partial charge in [-0.15, -0.1) is 0 Å². The van der Waals surface area contributed by atoms with E-state index in [-0.39, 0.29) is 0 Å². The van der Waals surface area contributed by atoms with Crippen LogP contribution in [-0.4, -0.2) is 4.57 Å². The van der Waals surface area contributed by atoms with Crippen molar-refractivity contribution in [2.24, 2.45) is 0 Å². The minimum Gasteiger partial charge on any atom is -0.455 e. The summed E-state index contributed by atoms with van der Waals surface area (Å²) >= 11 is 0. The van der Waals surface area contributed by atoms with E-state index < -0.39 is 0 Å². The Bertz CT molecular complexity index is 2910. The highest BCUT2D eigenvalue weighted by molar-refractivity contribution is 6.17. The number of furan rings is 1. The quantitative estimate of drug-likeness (QED) is 0.174. The number of aryl methyl sites for hydroxylation is 2. The van der Waals surface area contributed by atoms with E-state index in [1.165, 1.54) is 44.1 Å². The Balaban J connectivity index is 1.15. The summed E-state index contributed by atoms with van der Waals surface area (Å²) in [6.45, 7) is 4.37. The Hall–Kier alpha value is -6.84. The van der Waals surface area contributed by atoms with Crippen LogP contribution >= 0.6 is 0 Å².